The van der Waals surface area contributed by atoms with Crippen LogP contribution >= 0.6 is 0 Å². The van der Waals surface area contributed by atoms with Gasteiger partial charge in [0.05, 0.1) is 20.9 Å². The fraction of sp³-hybridized carbons (Fsp3) is 0.357. The summed E-state index contributed by atoms with van der Waals surface area (Å²) in [5.41, 5.74) is 0.396. The molecule has 0 saturated heterocycles. The van der Waals surface area contributed by atoms with Crippen molar-refractivity contribution in [2.75, 3.05) is 0 Å². The van der Waals surface area contributed by atoms with Crippen molar-refractivity contribution in [3.05, 3.63) is 70.8 Å². The van der Waals surface area contributed by atoms with Gasteiger partial charge in [0.15, 0.2) is 0 Å². The molecule has 7 heteroatoms. The number of aromatic carboxylic acids is 2. The largest absolute Gasteiger partial charge is 0.478 e. The molecule has 0 aliphatic heterocycles. The lowest BCUT2D eigenvalue weighted by atomic mass is 9.84. The summed E-state index contributed by atoms with van der Waals surface area (Å²) in [5, 5.41) is 20.1. The summed E-state index contributed by atoms with van der Waals surface area (Å²) in [4.78, 5) is 23.8. The molecule has 0 aliphatic carbocycles. The topological polar surface area (TPSA) is 109 Å². The van der Waals surface area contributed by atoms with Crippen molar-refractivity contribution in [1.29, 1.82) is 0 Å². The van der Waals surface area contributed by atoms with Crippen LogP contribution in [-0.4, -0.2) is 30.6 Å². The van der Waals surface area contributed by atoms with E-state index in [1.165, 1.54) is 12.1 Å². The minimum Gasteiger partial charge on any atom is -0.478 e. The Morgan fingerprint density at radius 2 is 0.914 bits per heavy atom. The van der Waals surface area contributed by atoms with Crippen molar-refractivity contribution >= 4 is 32.9 Å². The number of allylic oxidation sites excluding steroid dienone is 2. The molecule has 0 heterocycles. The zero-order valence-electron chi connectivity index (χ0n) is 21.7. The first-order valence-corrected chi connectivity index (χ1v) is 12.6. The highest BCUT2D eigenvalue weighted by atomic mass is 32.2. The van der Waals surface area contributed by atoms with Gasteiger partial charge in [-0.05, 0) is 82.3 Å². The Kier molecular flexibility index (Phi) is 7.30. The van der Waals surface area contributed by atoms with Crippen LogP contribution in [0.3, 0.4) is 0 Å². The normalized spacial score (nSPS) is 12.3. The number of sulfone groups is 1. The average Bonchev–Trinajstić information content (AvgIpc) is 2.69. The number of carbonyl (C=O) groups is 2. The van der Waals surface area contributed by atoms with Crippen LogP contribution in [-0.2, 0) is 20.7 Å². The van der Waals surface area contributed by atoms with Crippen LogP contribution in [0.4, 0.5) is 0 Å². The molecule has 0 atom stereocenters. The monoisotopic (exact) mass is 498 g/mol. The maximum absolute atomic E-state index is 14.2. The first-order chi connectivity index (χ1) is 15.7. The molecule has 2 rings (SSSR count). The molecule has 2 aromatic carbocycles. The Morgan fingerprint density at radius 1 is 0.657 bits per heavy atom. The third kappa shape index (κ3) is 5.40. The van der Waals surface area contributed by atoms with Gasteiger partial charge >= 0.3 is 11.9 Å². The van der Waals surface area contributed by atoms with Crippen molar-refractivity contribution in [2.24, 2.45) is 0 Å². The second-order valence-electron chi connectivity index (χ2n) is 11.0. The maximum atomic E-state index is 14.2. The first kappa shape index (κ1) is 28.1. The summed E-state index contributed by atoms with van der Waals surface area (Å²) in [7, 11) is -4.65. The van der Waals surface area contributed by atoms with E-state index in [4.69, 9.17) is 0 Å². The fourth-order valence-electron chi connectivity index (χ4n) is 3.76. The quantitative estimate of drug-likeness (QED) is 0.466. The number of hydrogen-bond acceptors (Lipinski definition) is 4. The molecule has 0 amide bonds. The van der Waals surface area contributed by atoms with E-state index in [0.717, 1.165) is 0 Å². The van der Waals surface area contributed by atoms with Crippen molar-refractivity contribution in [2.45, 2.75) is 76.0 Å². The Bertz CT molecular complexity index is 1190. The van der Waals surface area contributed by atoms with Crippen molar-refractivity contribution in [1.82, 2.24) is 0 Å². The number of rotatable bonds is 6. The SMILES string of the molecule is C=C(C)c1cc(C(C)(C)C)cc(C(=O)O)c1S(=O)(=O)c1c(C(=C)C)cc(C(C)(C)C)cc1C(=O)O. The highest BCUT2D eigenvalue weighted by molar-refractivity contribution is 7.91. The lowest BCUT2D eigenvalue weighted by Crippen LogP contribution is -2.21. The third-order valence-electron chi connectivity index (χ3n) is 5.83. The van der Waals surface area contributed by atoms with E-state index in [0.29, 0.717) is 22.3 Å². The molecule has 6 nitrogen and oxygen atoms in total. The zero-order valence-corrected chi connectivity index (χ0v) is 22.5. The summed E-state index contributed by atoms with van der Waals surface area (Å²) in [6.45, 7) is 22.3. The van der Waals surface area contributed by atoms with Gasteiger partial charge < -0.3 is 10.2 Å². The van der Waals surface area contributed by atoms with Gasteiger partial charge in [-0.3, -0.25) is 0 Å². The molecule has 35 heavy (non-hydrogen) atoms. The highest BCUT2D eigenvalue weighted by Crippen LogP contribution is 2.40. The van der Waals surface area contributed by atoms with Crippen LogP contribution in [0.25, 0.3) is 11.1 Å². The third-order valence-corrected chi connectivity index (χ3v) is 7.78. The molecular weight excluding hydrogens is 464 g/mol. The molecular formula is C28H34O6S. The van der Waals surface area contributed by atoms with Crippen LogP contribution in [0, 0.1) is 0 Å². The number of benzene rings is 2. The van der Waals surface area contributed by atoms with E-state index in [-0.39, 0.29) is 11.1 Å². The van der Waals surface area contributed by atoms with Gasteiger partial charge in [-0.25, -0.2) is 18.0 Å². The number of hydrogen-bond donors (Lipinski definition) is 2. The van der Waals surface area contributed by atoms with Gasteiger partial charge in [0.2, 0.25) is 9.84 Å². The van der Waals surface area contributed by atoms with Gasteiger partial charge in [0.25, 0.3) is 0 Å². The van der Waals surface area contributed by atoms with E-state index < -0.39 is 53.5 Å². The predicted molar refractivity (Wildman–Crippen MR) is 139 cm³/mol. The Hall–Kier alpha value is -3.19. The molecule has 0 unspecified atom stereocenters. The van der Waals surface area contributed by atoms with E-state index in [1.54, 1.807) is 26.0 Å². The summed E-state index contributed by atoms with van der Waals surface area (Å²) < 4.78 is 28.5. The predicted octanol–water partition coefficient (Wildman–Crippen LogP) is 6.58. The lowest BCUT2D eigenvalue weighted by Gasteiger charge is -2.25. The van der Waals surface area contributed by atoms with Crippen LogP contribution in [0.5, 0.6) is 0 Å². The molecule has 0 radical (unpaired) electrons. The molecule has 0 saturated carbocycles. The zero-order chi connectivity index (χ0) is 27.3. The van der Waals surface area contributed by atoms with Gasteiger partial charge in [-0.2, -0.15) is 0 Å². The Balaban J connectivity index is 3.21. The van der Waals surface area contributed by atoms with Gasteiger partial charge in [-0.1, -0.05) is 54.7 Å². The van der Waals surface area contributed by atoms with Gasteiger partial charge in [0, 0.05) is 0 Å². The molecule has 0 bridgehead atoms. The molecule has 188 valence electrons. The highest BCUT2D eigenvalue weighted by Gasteiger charge is 2.36. The molecule has 0 spiro atoms. The van der Waals surface area contributed by atoms with Crippen LogP contribution < -0.4 is 0 Å². The van der Waals surface area contributed by atoms with Gasteiger partial charge in [0.1, 0.15) is 0 Å². The first-order valence-electron chi connectivity index (χ1n) is 11.1. The summed E-state index contributed by atoms with van der Waals surface area (Å²) in [6.07, 6.45) is 0. The van der Waals surface area contributed by atoms with E-state index in [1.807, 2.05) is 41.5 Å². The number of carboxylic acids is 2. The molecule has 0 fully saturated rings. The van der Waals surface area contributed by atoms with Crippen molar-refractivity contribution in [3.8, 4) is 0 Å². The second kappa shape index (κ2) is 9.11. The smallest absolute Gasteiger partial charge is 0.337 e. The van der Waals surface area contributed by atoms with Gasteiger partial charge in [-0.15, -0.1) is 0 Å². The number of carboxylic acid groups (broad SMARTS) is 2. The average molecular weight is 499 g/mol. The van der Waals surface area contributed by atoms with Crippen LogP contribution in [0.2, 0.25) is 0 Å². The lowest BCUT2D eigenvalue weighted by molar-refractivity contribution is 0.0683. The van der Waals surface area contributed by atoms with Crippen LogP contribution in [0.15, 0.2) is 47.2 Å². The minimum atomic E-state index is -4.65. The van der Waals surface area contributed by atoms with E-state index in [2.05, 4.69) is 13.2 Å². The maximum Gasteiger partial charge on any atom is 0.337 e. The van der Waals surface area contributed by atoms with Crippen LogP contribution in [0.1, 0.15) is 98.4 Å². The summed E-state index contributed by atoms with van der Waals surface area (Å²) in [6, 6.07) is 5.91. The molecule has 0 aromatic heterocycles. The minimum absolute atomic E-state index is 0.138. The second-order valence-corrected chi connectivity index (χ2v) is 12.8. The summed E-state index contributed by atoms with van der Waals surface area (Å²) >= 11 is 0. The van der Waals surface area contributed by atoms with Crippen molar-refractivity contribution < 1.29 is 28.2 Å². The Labute approximate surface area is 207 Å². The van der Waals surface area contributed by atoms with E-state index in [9.17, 15) is 28.2 Å². The Morgan fingerprint density at radius 3 is 1.11 bits per heavy atom. The molecule has 0 aliphatic rings. The summed E-state index contributed by atoms with van der Waals surface area (Å²) in [5.74, 6) is -2.87. The fourth-order valence-corrected chi connectivity index (χ4v) is 5.88. The molecule has 2 aromatic rings. The molecule has 2 N–H and O–H groups in total. The van der Waals surface area contributed by atoms with E-state index >= 15 is 0 Å². The standard InChI is InChI=1S/C28H34O6S/c1-15(2)19-11-17(27(5,6)7)13-21(25(29)30)23(19)35(33,34)24-20(16(3)4)12-18(28(8,9)10)14-22(24)26(31)32/h11-14H,1,3H2,2,4-10H3,(H,29,30)(H,31,32). The van der Waals surface area contributed by atoms with Crippen molar-refractivity contribution in [3.63, 3.8) is 0 Å².